The van der Waals surface area contributed by atoms with Crippen LogP contribution >= 0.6 is 0 Å². The average molecular weight is 383 g/mol. The lowest BCUT2D eigenvalue weighted by Gasteiger charge is -2.07. The summed E-state index contributed by atoms with van der Waals surface area (Å²) < 4.78 is 30.1. The van der Waals surface area contributed by atoms with Gasteiger partial charge in [0, 0.05) is 12.0 Å². The van der Waals surface area contributed by atoms with Crippen molar-refractivity contribution in [2.75, 3.05) is 19.7 Å². The third kappa shape index (κ3) is 9.55. The molecule has 0 spiro atoms. The first-order valence-corrected chi connectivity index (χ1v) is 9.33. The molecule has 3 N–H and O–H groups in total. The summed E-state index contributed by atoms with van der Waals surface area (Å²) >= 11 is 0. The molecule has 0 unspecified atom stereocenters. The first-order valence-electron chi connectivity index (χ1n) is 7.78. The maximum Gasteiger partial charge on any atom is 0.321 e. The molecular weight excluding hydrogens is 362 g/mol. The predicted molar refractivity (Wildman–Crippen MR) is 95.2 cm³/mol. The van der Waals surface area contributed by atoms with E-state index in [4.69, 9.17) is 0 Å². The fourth-order valence-electron chi connectivity index (χ4n) is 1.58. The molecule has 0 heterocycles. The maximum atomic E-state index is 11.8. The summed E-state index contributed by atoms with van der Waals surface area (Å²) in [6, 6.07) is 8.05. The van der Waals surface area contributed by atoms with Crippen molar-refractivity contribution in [3.05, 3.63) is 41.3 Å². The number of benzene rings is 1. The Morgan fingerprint density at radius 2 is 1.85 bits per heavy atom. The Kier molecular flexibility index (Phi) is 9.02. The van der Waals surface area contributed by atoms with Gasteiger partial charge in [-0.1, -0.05) is 37.3 Å². The van der Waals surface area contributed by atoms with Crippen molar-refractivity contribution >= 4 is 34.0 Å². The Morgan fingerprint density at radius 1 is 1.15 bits per heavy atom. The fraction of sp³-hybridized carbons (Fsp3) is 0.312. The van der Waals surface area contributed by atoms with Crippen molar-refractivity contribution in [2.45, 2.75) is 13.3 Å². The Bertz CT molecular complexity index is 747. The molecule has 1 aromatic rings. The molecule has 0 bridgehead atoms. The van der Waals surface area contributed by atoms with E-state index in [2.05, 4.69) is 10.1 Å². The quantitative estimate of drug-likeness (QED) is 0.528. The lowest BCUT2D eigenvalue weighted by molar-refractivity contribution is -0.147. The van der Waals surface area contributed by atoms with Crippen LogP contribution in [0.1, 0.15) is 18.9 Å². The minimum absolute atomic E-state index is 0.400. The largest absolute Gasteiger partial charge is 0.455 e. The van der Waals surface area contributed by atoms with E-state index in [1.165, 1.54) is 6.08 Å². The number of hydrogen-bond acceptors (Lipinski definition) is 6. The van der Waals surface area contributed by atoms with Gasteiger partial charge in [-0.2, -0.15) is 0 Å². The molecule has 0 aromatic heterocycles. The lowest BCUT2D eigenvalue weighted by atomic mass is 10.2. The summed E-state index contributed by atoms with van der Waals surface area (Å²) in [6.45, 7) is 0.911. The number of amides is 3. The van der Waals surface area contributed by atoms with E-state index >= 15 is 0 Å². The number of sulfonamides is 1. The maximum absolute atomic E-state index is 11.8. The first-order chi connectivity index (χ1) is 12.3. The molecule has 0 aliphatic heterocycles. The van der Waals surface area contributed by atoms with Gasteiger partial charge in [-0.25, -0.2) is 17.9 Å². The van der Waals surface area contributed by atoms with Crippen LogP contribution < -0.4 is 15.4 Å². The van der Waals surface area contributed by atoms with E-state index in [9.17, 15) is 22.8 Å². The highest BCUT2D eigenvalue weighted by Crippen LogP contribution is 2.02. The molecule has 142 valence electrons. The minimum atomic E-state index is -3.84. The normalized spacial score (nSPS) is 11.1. The van der Waals surface area contributed by atoms with Gasteiger partial charge in [0.25, 0.3) is 5.91 Å². The Morgan fingerprint density at radius 3 is 2.50 bits per heavy atom. The fourth-order valence-corrected chi connectivity index (χ4v) is 2.33. The number of hydrogen-bond donors (Lipinski definition) is 3. The number of rotatable bonds is 9. The highest BCUT2D eigenvalue weighted by atomic mass is 32.2. The highest BCUT2D eigenvalue weighted by Gasteiger charge is 2.13. The lowest BCUT2D eigenvalue weighted by Crippen LogP contribution is -2.42. The van der Waals surface area contributed by atoms with E-state index in [-0.39, 0.29) is 0 Å². The molecular formula is C16H21N3O6S. The molecule has 0 saturated carbocycles. The van der Waals surface area contributed by atoms with Crippen LogP contribution in [0, 0.1) is 0 Å². The van der Waals surface area contributed by atoms with Gasteiger partial charge in [-0.3, -0.25) is 14.9 Å². The standard InChI is InChI=1S/C16H21N3O6S/c1-2-9-17-16(22)19-14(20)12-25-15(21)11-18-26(23,24)10-8-13-6-4-3-5-7-13/h3-8,10,18H,2,9,11-12H2,1H3,(H2,17,19,20,22)/b10-8+. The van der Waals surface area contributed by atoms with Crippen LogP contribution in [-0.2, 0) is 24.3 Å². The molecule has 1 aromatic carbocycles. The van der Waals surface area contributed by atoms with E-state index in [1.54, 1.807) is 30.3 Å². The smallest absolute Gasteiger partial charge is 0.321 e. The van der Waals surface area contributed by atoms with E-state index in [1.807, 2.05) is 17.0 Å². The molecule has 10 heteroatoms. The van der Waals surface area contributed by atoms with Crippen molar-refractivity contribution in [1.82, 2.24) is 15.4 Å². The molecule has 9 nitrogen and oxygen atoms in total. The summed E-state index contributed by atoms with van der Waals surface area (Å²) in [5.41, 5.74) is 0.679. The van der Waals surface area contributed by atoms with Crippen LogP contribution in [0.5, 0.6) is 0 Å². The summed E-state index contributed by atoms with van der Waals surface area (Å²) in [5, 5.41) is 5.29. The number of carbonyl (C=O) groups is 3. The van der Waals surface area contributed by atoms with Gasteiger partial charge < -0.3 is 10.1 Å². The second-order valence-corrected chi connectivity index (χ2v) is 6.70. The third-order valence-electron chi connectivity index (χ3n) is 2.81. The Hall–Kier alpha value is -2.72. The van der Waals surface area contributed by atoms with Gasteiger partial charge in [0.05, 0.1) is 0 Å². The predicted octanol–water partition coefficient (Wildman–Crippen LogP) is 0.356. The topological polar surface area (TPSA) is 131 Å². The molecule has 0 saturated heterocycles. The van der Waals surface area contributed by atoms with Crippen LogP contribution in [0.25, 0.3) is 6.08 Å². The number of esters is 1. The summed E-state index contributed by atoms with van der Waals surface area (Å²) in [6.07, 6.45) is 2.07. The van der Waals surface area contributed by atoms with E-state index in [0.29, 0.717) is 18.5 Å². The van der Waals surface area contributed by atoms with Crippen molar-refractivity contribution < 1.29 is 27.5 Å². The van der Waals surface area contributed by atoms with Crippen molar-refractivity contribution in [3.63, 3.8) is 0 Å². The van der Waals surface area contributed by atoms with Gasteiger partial charge in [-0.05, 0) is 18.1 Å². The van der Waals surface area contributed by atoms with Crippen LogP contribution in [0.15, 0.2) is 35.7 Å². The van der Waals surface area contributed by atoms with Crippen LogP contribution in [0.3, 0.4) is 0 Å². The zero-order chi connectivity index (χ0) is 19.4. The van der Waals surface area contributed by atoms with Crippen molar-refractivity contribution in [2.24, 2.45) is 0 Å². The van der Waals surface area contributed by atoms with Crippen LogP contribution in [0.2, 0.25) is 0 Å². The van der Waals surface area contributed by atoms with Gasteiger partial charge in [0.15, 0.2) is 6.61 Å². The molecule has 0 fully saturated rings. The molecule has 26 heavy (non-hydrogen) atoms. The van der Waals surface area contributed by atoms with Crippen LogP contribution in [0.4, 0.5) is 4.79 Å². The zero-order valence-corrected chi connectivity index (χ0v) is 15.0. The molecule has 0 aliphatic rings. The number of nitrogens with one attached hydrogen (secondary N) is 3. The molecule has 0 radical (unpaired) electrons. The van der Waals surface area contributed by atoms with Gasteiger partial charge in [0.1, 0.15) is 6.54 Å². The van der Waals surface area contributed by atoms with Gasteiger partial charge in [-0.15, -0.1) is 0 Å². The second kappa shape index (κ2) is 11.0. The Balaban J connectivity index is 2.33. The van der Waals surface area contributed by atoms with E-state index < -0.39 is 41.1 Å². The monoisotopic (exact) mass is 383 g/mol. The SMILES string of the molecule is CCCNC(=O)NC(=O)COC(=O)CNS(=O)(=O)/C=C/c1ccccc1. The third-order valence-corrected chi connectivity index (χ3v) is 3.85. The van der Waals surface area contributed by atoms with E-state index in [0.717, 1.165) is 5.41 Å². The second-order valence-electron chi connectivity index (χ2n) is 5.04. The first kappa shape index (κ1) is 21.3. The number of carbonyl (C=O) groups excluding carboxylic acids is 3. The Labute approximate surface area is 151 Å². The number of imide groups is 1. The minimum Gasteiger partial charge on any atom is -0.455 e. The zero-order valence-electron chi connectivity index (χ0n) is 14.2. The average Bonchev–Trinajstić information content (AvgIpc) is 2.62. The number of urea groups is 1. The number of ether oxygens (including phenoxy) is 1. The van der Waals surface area contributed by atoms with Crippen molar-refractivity contribution in [3.8, 4) is 0 Å². The van der Waals surface area contributed by atoms with Gasteiger partial charge in [0.2, 0.25) is 10.0 Å². The van der Waals surface area contributed by atoms with Crippen molar-refractivity contribution in [1.29, 1.82) is 0 Å². The highest BCUT2D eigenvalue weighted by molar-refractivity contribution is 7.92. The summed E-state index contributed by atoms with van der Waals surface area (Å²) in [5.74, 6) is -1.77. The summed E-state index contributed by atoms with van der Waals surface area (Å²) in [4.78, 5) is 34.1. The molecule has 0 atom stereocenters. The molecule has 0 aliphatic carbocycles. The molecule has 3 amide bonds. The van der Waals surface area contributed by atoms with Gasteiger partial charge >= 0.3 is 12.0 Å². The summed E-state index contributed by atoms with van der Waals surface area (Å²) in [7, 11) is -3.84. The van der Waals surface area contributed by atoms with Crippen LogP contribution in [-0.4, -0.2) is 46.0 Å². The molecule has 1 rings (SSSR count).